The Morgan fingerprint density at radius 1 is 1.15 bits per heavy atom. The molecule has 1 spiro atoms. The minimum Gasteiger partial charge on any atom is -0.461 e. The first kappa shape index (κ1) is 16.3. The number of nitrogens with zero attached hydrogens (tertiary/aromatic N) is 2. The highest BCUT2D eigenvalue weighted by molar-refractivity contribution is 5.56. The summed E-state index contributed by atoms with van der Waals surface area (Å²) >= 11 is 0. The first-order valence-corrected chi connectivity index (χ1v) is 9.86. The third kappa shape index (κ3) is 3.01. The zero-order chi connectivity index (χ0) is 17.4. The fourth-order valence-electron chi connectivity index (χ4n) is 4.68. The Morgan fingerprint density at radius 3 is 2.88 bits per heavy atom. The summed E-state index contributed by atoms with van der Waals surface area (Å²) in [6.07, 6.45) is 9.63. The first-order chi connectivity index (χ1) is 12.8. The summed E-state index contributed by atoms with van der Waals surface area (Å²) in [6, 6.07) is 4.13. The van der Waals surface area contributed by atoms with Crippen molar-refractivity contribution >= 4 is 5.82 Å². The Labute approximate surface area is 153 Å². The zero-order valence-corrected chi connectivity index (χ0v) is 15.1. The molecule has 5 rings (SSSR count). The summed E-state index contributed by atoms with van der Waals surface area (Å²) in [4.78, 5) is 9.66. The molecule has 2 aromatic rings. The minimum atomic E-state index is 0.118. The number of anilines is 1. The average Bonchev–Trinajstić information content (AvgIpc) is 3.37. The molecule has 0 bridgehead atoms. The second kappa shape index (κ2) is 6.67. The van der Waals surface area contributed by atoms with Gasteiger partial charge in [0.2, 0.25) is 0 Å². The van der Waals surface area contributed by atoms with Crippen molar-refractivity contribution in [2.75, 3.05) is 25.0 Å². The molecule has 0 amide bonds. The lowest BCUT2D eigenvalue weighted by Crippen LogP contribution is -2.26. The number of hydrogen-bond acceptors (Lipinski definition) is 6. The fourth-order valence-corrected chi connectivity index (χ4v) is 4.68. The van der Waals surface area contributed by atoms with E-state index in [1.54, 1.807) is 6.26 Å². The normalized spacial score (nSPS) is 24.5. The molecule has 1 saturated heterocycles. The highest BCUT2D eigenvalue weighted by Crippen LogP contribution is 2.41. The van der Waals surface area contributed by atoms with Gasteiger partial charge in [-0.1, -0.05) is 12.8 Å². The van der Waals surface area contributed by atoms with Crippen LogP contribution in [0.2, 0.25) is 0 Å². The van der Waals surface area contributed by atoms with Gasteiger partial charge in [0.15, 0.2) is 11.6 Å². The maximum Gasteiger partial charge on any atom is 0.197 e. The molecule has 1 saturated carbocycles. The SMILES string of the molecule is c1coc(-c2nc3c(c(NC4COC5(CCCC5)C4)n2)CCNCC3)c1. The molecule has 1 atom stereocenters. The number of hydrogen-bond donors (Lipinski definition) is 2. The summed E-state index contributed by atoms with van der Waals surface area (Å²) in [7, 11) is 0. The predicted octanol–water partition coefficient (Wildman–Crippen LogP) is 2.94. The lowest BCUT2D eigenvalue weighted by molar-refractivity contribution is 0.0103. The van der Waals surface area contributed by atoms with Crippen molar-refractivity contribution in [1.29, 1.82) is 0 Å². The molecule has 6 nitrogen and oxygen atoms in total. The maximum atomic E-state index is 6.22. The van der Waals surface area contributed by atoms with Gasteiger partial charge in [-0.2, -0.15) is 0 Å². The fraction of sp³-hybridized carbons (Fsp3) is 0.600. The lowest BCUT2D eigenvalue weighted by Gasteiger charge is -2.22. The van der Waals surface area contributed by atoms with Gasteiger partial charge >= 0.3 is 0 Å². The Balaban J connectivity index is 1.45. The van der Waals surface area contributed by atoms with Crippen molar-refractivity contribution in [1.82, 2.24) is 15.3 Å². The zero-order valence-electron chi connectivity index (χ0n) is 15.1. The van der Waals surface area contributed by atoms with Crippen molar-refractivity contribution < 1.29 is 9.15 Å². The van der Waals surface area contributed by atoms with E-state index in [1.807, 2.05) is 12.1 Å². The van der Waals surface area contributed by atoms with E-state index in [-0.39, 0.29) is 5.60 Å². The second-order valence-electron chi connectivity index (χ2n) is 7.79. The molecule has 6 heteroatoms. The molecule has 2 N–H and O–H groups in total. The van der Waals surface area contributed by atoms with E-state index < -0.39 is 0 Å². The van der Waals surface area contributed by atoms with Crippen LogP contribution in [0, 0.1) is 0 Å². The van der Waals surface area contributed by atoms with Gasteiger partial charge in [0.1, 0.15) is 5.82 Å². The molecule has 2 fully saturated rings. The Morgan fingerprint density at radius 2 is 2.04 bits per heavy atom. The third-order valence-corrected chi connectivity index (χ3v) is 5.99. The van der Waals surface area contributed by atoms with Crippen LogP contribution >= 0.6 is 0 Å². The smallest absolute Gasteiger partial charge is 0.197 e. The minimum absolute atomic E-state index is 0.118. The van der Waals surface area contributed by atoms with E-state index >= 15 is 0 Å². The van der Waals surface area contributed by atoms with Gasteiger partial charge in [-0.25, -0.2) is 9.97 Å². The highest BCUT2D eigenvalue weighted by Gasteiger charge is 2.42. The van der Waals surface area contributed by atoms with Gasteiger partial charge < -0.3 is 19.8 Å². The van der Waals surface area contributed by atoms with E-state index in [2.05, 4.69) is 10.6 Å². The van der Waals surface area contributed by atoms with E-state index in [0.717, 1.165) is 56.2 Å². The summed E-state index contributed by atoms with van der Waals surface area (Å²) in [5.41, 5.74) is 2.50. The van der Waals surface area contributed by atoms with E-state index in [0.29, 0.717) is 11.9 Å². The predicted molar refractivity (Wildman–Crippen MR) is 99.2 cm³/mol. The van der Waals surface area contributed by atoms with Crippen LogP contribution in [0.1, 0.15) is 43.4 Å². The monoisotopic (exact) mass is 354 g/mol. The second-order valence-corrected chi connectivity index (χ2v) is 7.79. The van der Waals surface area contributed by atoms with Crippen molar-refractivity contribution in [2.24, 2.45) is 0 Å². The summed E-state index contributed by atoms with van der Waals surface area (Å²) < 4.78 is 11.8. The Bertz CT molecular complexity index is 768. The molecule has 138 valence electrons. The molecule has 2 aromatic heterocycles. The Hall–Kier alpha value is -1.92. The first-order valence-electron chi connectivity index (χ1n) is 9.86. The largest absolute Gasteiger partial charge is 0.461 e. The quantitative estimate of drug-likeness (QED) is 0.883. The number of furan rings is 1. The van der Waals surface area contributed by atoms with E-state index in [1.165, 1.54) is 31.2 Å². The van der Waals surface area contributed by atoms with Crippen LogP contribution < -0.4 is 10.6 Å². The maximum absolute atomic E-state index is 6.22. The van der Waals surface area contributed by atoms with Gasteiger partial charge in [0.05, 0.1) is 30.2 Å². The summed E-state index contributed by atoms with van der Waals surface area (Å²) in [5.74, 6) is 2.37. The number of ether oxygens (including phenoxy) is 1. The molecular formula is C20H26N4O2. The van der Waals surface area contributed by atoms with Crippen LogP contribution in [0.15, 0.2) is 22.8 Å². The molecule has 4 heterocycles. The average molecular weight is 354 g/mol. The van der Waals surface area contributed by atoms with Crippen molar-refractivity contribution in [3.63, 3.8) is 0 Å². The van der Waals surface area contributed by atoms with E-state index in [9.17, 15) is 0 Å². The Kier molecular flexibility index (Phi) is 4.17. The van der Waals surface area contributed by atoms with Crippen LogP contribution in [0.4, 0.5) is 5.82 Å². The number of fused-ring (bicyclic) bond motifs is 1. The van der Waals surface area contributed by atoms with Gasteiger partial charge in [-0.15, -0.1) is 0 Å². The van der Waals surface area contributed by atoms with E-state index in [4.69, 9.17) is 19.1 Å². The summed E-state index contributed by atoms with van der Waals surface area (Å²) in [5, 5.41) is 7.17. The molecule has 0 radical (unpaired) electrons. The summed E-state index contributed by atoms with van der Waals surface area (Å²) in [6.45, 7) is 2.69. The van der Waals surface area contributed by atoms with Crippen LogP contribution in [0.5, 0.6) is 0 Å². The molecule has 1 unspecified atom stereocenters. The topological polar surface area (TPSA) is 72.2 Å². The number of rotatable bonds is 3. The standard InChI is InChI=1S/C20H26N4O2/c1-2-8-20(7-1)12-14(13-26-20)22-18-15-5-9-21-10-6-16(15)23-19(24-18)17-4-3-11-25-17/h3-4,11,14,21H,1-2,5-10,12-13H2,(H,22,23,24). The highest BCUT2D eigenvalue weighted by atomic mass is 16.5. The van der Waals surface area contributed by atoms with Crippen LogP contribution in [-0.2, 0) is 17.6 Å². The molecule has 1 aliphatic carbocycles. The van der Waals surface area contributed by atoms with Gasteiger partial charge in [0.25, 0.3) is 0 Å². The molecule has 0 aromatic carbocycles. The number of nitrogens with one attached hydrogen (secondary N) is 2. The van der Waals surface area contributed by atoms with Crippen molar-refractivity contribution in [3.05, 3.63) is 29.7 Å². The van der Waals surface area contributed by atoms with Gasteiger partial charge in [-0.3, -0.25) is 0 Å². The van der Waals surface area contributed by atoms with Gasteiger partial charge in [-0.05, 0) is 44.4 Å². The van der Waals surface area contributed by atoms with Crippen molar-refractivity contribution in [2.45, 2.75) is 56.6 Å². The lowest BCUT2D eigenvalue weighted by atomic mass is 9.96. The molecule has 2 aliphatic heterocycles. The molecule has 3 aliphatic rings. The van der Waals surface area contributed by atoms with Crippen LogP contribution in [0.25, 0.3) is 11.6 Å². The van der Waals surface area contributed by atoms with Crippen molar-refractivity contribution in [3.8, 4) is 11.6 Å². The molecule has 26 heavy (non-hydrogen) atoms. The third-order valence-electron chi connectivity index (χ3n) is 5.99. The number of aromatic nitrogens is 2. The van der Waals surface area contributed by atoms with Gasteiger partial charge in [0, 0.05) is 18.5 Å². The molecular weight excluding hydrogens is 328 g/mol. The van der Waals surface area contributed by atoms with Crippen LogP contribution in [0.3, 0.4) is 0 Å². The van der Waals surface area contributed by atoms with Crippen LogP contribution in [-0.4, -0.2) is 41.3 Å².